The lowest BCUT2D eigenvalue weighted by Crippen LogP contribution is -2.57. The Bertz CT molecular complexity index is 343. The number of carboxylic acids is 1. The standard InChI is InChI=1S/C14H24N2O3/c15-11-6-4-10(5-7-11)12(17)16-14(13(18)19)8-2-1-3-9-14/h10-11H,1-9,15H2,(H,16,17)(H,18,19). The first-order valence-corrected chi connectivity index (χ1v) is 7.34. The van der Waals surface area contributed by atoms with Crippen LogP contribution in [0.15, 0.2) is 0 Å². The van der Waals surface area contributed by atoms with Crippen LogP contribution in [-0.4, -0.2) is 28.6 Å². The molecule has 19 heavy (non-hydrogen) atoms. The second kappa shape index (κ2) is 5.90. The molecule has 0 bridgehead atoms. The lowest BCUT2D eigenvalue weighted by Gasteiger charge is -2.36. The molecule has 0 saturated heterocycles. The van der Waals surface area contributed by atoms with E-state index in [1.54, 1.807) is 0 Å². The number of hydrogen-bond donors (Lipinski definition) is 3. The van der Waals surface area contributed by atoms with E-state index in [2.05, 4.69) is 5.32 Å². The fraction of sp³-hybridized carbons (Fsp3) is 0.857. The summed E-state index contributed by atoms with van der Waals surface area (Å²) in [7, 11) is 0. The van der Waals surface area contributed by atoms with Crippen LogP contribution in [0.2, 0.25) is 0 Å². The molecule has 2 rings (SSSR count). The minimum atomic E-state index is -1.02. The van der Waals surface area contributed by atoms with Gasteiger partial charge in [0.15, 0.2) is 0 Å². The Morgan fingerprint density at radius 3 is 2.16 bits per heavy atom. The van der Waals surface area contributed by atoms with Gasteiger partial charge in [0.05, 0.1) is 0 Å². The molecule has 0 aromatic rings. The van der Waals surface area contributed by atoms with Crippen LogP contribution in [0.1, 0.15) is 57.8 Å². The Morgan fingerprint density at radius 2 is 1.63 bits per heavy atom. The molecule has 2 aliphatic rings. The predicted molar refractivity (Wildman–Crippen MR) is 71.5 cm³/mol. The molecule has 0 radical (unpaired) electrons. The van der Waals surface area contributed by atoms with Crippen LogP contribution in [0.5, 0.6) is 0 Å². The van der Waals surface area contributed by atoms with E-state index >= 15 is 0 Å². The van der Waals surface area contributed by atoms with Gasteiger partial charge in [-0.1, -0.05) is 19.3 Å². The summed E-state index contributed by atoms with van der Waals surface area (Å²) in [5.74, 6) is -1.03. The van der Waals surface area contributed by atoms with Crippen molar-refractivity contribution >= 4 is 11.9 Å². The molecule has 2 saturated carbocycles. The quantitative estimate of drug-likeness (QED) is 0.721. The van der Waals surface area contributed by atoms with Crippen LogP contribution in [0.25, 0.3) is 0 Å². The number of carbonyl (C=O) groups is 2. The predicted octanol–water partition coefficient (Wildman–Crippen LogP) is 1.41. The zero-order chi connectivity index (χ0) is 13.9. The van der Waals surface area contributed by atoms with Gasteiger partial charge in [0, 0.05) is 12.0 Å². The fourth-order valence-corrected chi connectivity index (χ4v) is 3.27. The first kappa shape index (κ1) is 14.3. The first-order valence-electron chi connectivity index (χ1n) is 7.34. The van der Waals surface area contributed by atoms with E-state index in [-0.39, 0.29) is 17.9 Å². The number of hydrogen-bond acceptors (Lipinski definition) is 3. The zero-order valence-corrected chi connectivity index (χ0v) is 11.4. The van der Waals surface area contributed by atoms with Crippen LogP contribution in [0, 0.1) is 5.92 Å². The Morgan fingerprint density at radius 1 is 1.05 bits per heavy atom. The Kier molecular flexibility index (Phi) is 4.45. The maximum Gasteiger partial charge on any atom is 0.329 e. The monoisotopic (exact) mass is 268 g/mol. The van der Waals surface area contributed by atoms with Gasteiger partial charge in [0.1, 0.15) is 5.54 Å². The van der Waals surface area contributed by atoms with Crippen molar-refractivity contribution in [2.75, 3.05) is 0 Å². The van der Waals surface area contributed by atoms with Crippen LogP contribution in [-0.2, 0) is 9.59 Å². The van der Waals surface area contributed by atoms with E-state index < -0.39 is 11.5 Å². The maximum absolute atomic E-state index is 12.3. The molecular formula is C14H24N2O3. The van der Waals surface area contributed by atoms with Gasteiger partial charge >= 0.3 is 5.97 Å². The van der Waals surface area contributed by atoms with Gasteiger partial charge in [-0.25, -0.2) is 4.79 Å². The van der Waals surface area contributed by atoms with E-state index in [4.69, 9.17) is 5.73 Å². The van der Waals surface area contributed by atoms with Gasteiger partial charge < -0.3 is 16.2 Å². The Labute approximate surface area is 113 Å². The third kappa shape index (κ3) is 3.26. The number of carboxylic acid groups (broad SMARTS) is 1. The lowest BCUT2D eigenvalue weighted by atomic mass is 9.80. The molecule has 0 atom stereocenters. The Hall–Kier alpha value is -1.10. The molecule has 0 heterocycles. The largest absolute Gasteiger partial charge is 0.480 e. The molecule has 5 heteroatoms. The van der Waals surface area contributed by atoms with Crippen molar-refractivity contribution in [3.63, 3.8) is 0 Å². The van der Waals surface area contributed by atoms with Crippen molar-refractivity contribution < 1.29 is 14.7 Å². The van der Waals surface area contributed by atoms with E-state index in [0.717, 1.165) is 44.9 Å². The molecule has 0 unspecified atom stereocenters. The van der Waals surface area contributed by atoms with Gasteiger partial charge in [0.2, 0.25) is 5.91 Å². The number of amides is 1. The van der Waals surface area contributed by atoms with E-state index in [1.165, 1.54) is 0 Å². The molecule has 2 fully saturated rings. The third-order valence-electron chi connectivity index (χ3n) is 4.62. The van der Waals surface area contributed by atoms with Crippen molar-refractivity contribution in [2.24, 2.45) is 11.7 Å². The minimum Gasteiger partial charge on any atom is -0.480 e. The molecule has 5 nitrogen and oxygen atoms in total. The topological polar surface area (TPSA) is 92.4 Å². The van der Waals surface area contributed by atoms with Crippen molar-refractivity contribution in [1.82, 2.24) is 5.32 Å². The molecule has 1 amide bonds. The van der Waals surface area contributed by atoms with E-state index in [0.29, 0.717) is 12.8 Å². The molecule has 2 aliphatic carbocycles. The van der Waals surface area contributed by atoms with Crippen LogP contribution >= 0.6 is 0 Å². The minimum absolute atomic E-state index is 0.0575. The van der Waals surface area contributed by atoms with Gasteiger partial charge in [-0.2, -0.15) is 0 Å². The van der Waals surface area contributed by atoms with Crippen LogP contribution < -0.4 is 11.1 Å². The lowest BCUT2D eigenvalue weighted by molar-refractivity contribution is -0.150. The molecule has 0 aliphatic heterocycles. The summed E-state index contributed by atoms with van der Waals surface area (Å²) in [4.78, 5) is 23.8. The summed E-state index contributed by atoms with van der Waals surface area (Å²) < 4.78 is 0. The maximum atomic E-state index is 12.3. The van der Waals surface area contributed by atoms with E-state index in [9.17, 15) is 14.7 Å². The summed E-state index contributed by atoms with van der Waals surface area (Å²) in [6.07, 6.45) is 7.20. The highest BCUT2D eigenvalue weighted by Gasteiger charge is 2.42. The van der Waals surface area contributed by atoms with Crippen molar-refractivity contribution in [3.8, 4) is 0 Å². The molecule has 0 aromatic heterocycles. The second-order valence-corrected chi connectivity index (χ2v) is 6.05. The molecule has 0 spiro atoms. The second-order valence-electron chi connectivity index (χ2n) is 6.05. The summed E-state index contributed by atoms with van der Waals surface area (Å²) in [6, 6.07) is 0.201. The highest BCUT2D eigenvalue weighted by molar-refractivity contribution is 5.88. The SMILES string of the molecule is NC1CCC(C(=O)NC2(C(=O)O)CCCCC2)CC1. The number of nitrogens with one attached hydrogen (secondary N) is 1. The summed E-state index contributed by atoms with van der Waals surface area (Å²) in [6.45, 7) is 0. The highest BCUT2D eigenvalue weighted by atomic mass is 16.4. The first-order chi connectivity index (χ1) is 9.03. The molecule has 0 aromatic carbocycles. The van der Waals surface area contributed by atoms with Gasteiger partial charge in [-0.3, -0.25) is 4.79 Å². The summed E-state index contributed by atoms with van der Waals surface area (Å²) >= 11 is 0. The average Bonchev–Trinajstić information content (AvgIpc) is 2.40. The van der Waals surface area contributed by atoms with Gasteiger partial charge in [-0.05, 0) is 38.5 Å². The van der Waals surface area contributed by atoms with Gasteiger partial charge in [-0.15, -0.1) is 0 Å². The number of aliphatic carboxylic acids is 1. The molecule has 108 valence electrons. The van der Waals surface area contributed by atoms with E-state index in [1.807, 2.05) is 0 Å². The average molecular weight is 268 g/mol. The summed E-state index contributed by atoms with van der Waals surface area (Å²) in [5.41, 5.74) is 4.81. The van der Waals surface area contributed by atoms with Crippen molar-refractivity contribution in [3.05, 3.63) is 0 Å². The molecule has 4 N–H and O–H groups in total. The smallest absolute Gasteiger partial charge is 0.329 e. The normalized spacial score (nSPS) is 30.6. The third-order valence-corrected chi connectivity index (χ3v) is 4.62. The number of carbonyl (C=O) groups excluding carboxylic acids is 1. The summed E-state index contributed by atoms with van der Waals surface area (Å²) in [5, 5.41) is 12.3. The van der Waals surface area contributed by atoms with Crippen molar-refractivity contribution in [1.29, 1.82) is 0 Å². The fourth-order valence-electron chi connectivity index (χ4n) is 3.27. The molecular weight excluding hydrogens is 244 g/mol. The Balaban J connectivity index is 1.97. The van der Waals surface area contributed by atoms with Crippen LogP contribution in [0.3, 0.4) is 0 Å². The van der Waals surface area contributed by atoms with Crippen molar-refractivity contribution in [2.45, 2.75) is 69.4 Å². The van der Waals surface area contributed by atoms with Crippen LogP contribution in [0.4, 0.5) is 0 Å². The van der Waals surface area contributed by atoms with Gasteiger partial charge in [0.25, 0.3) is 0 Å². The highest BCUT2D eigenvalue weighted by Crippen LogP contribution is 2.30. The number of nitrogens with two attached hydrogens (primary N) is 1. The number of rotatable bonds is 3. The zero-order valence-electron chi connectivity index (χ0n) is 11.4.